The predicted octanol–water partition coefficient (Wildman–Crippen LogP) is 3.44. The molecular formula is C16H27N3O. The molecule has 1 aromatic rings. The number of aromatic nitrogens is 2. The number of nitrogens with one attached hydrogen (secondary N) is 1. The fourth-order valence-corrected chi connectivity index (χ4v) is 3.52. The van der Waals surface area contributed by atoms with Crippen molar-refractivity contribution in [2.45, 2.75) is 76.7 Å². The zero-order valence-corrected chi connectivity index (χ0v) is 12.6. The molecule has 1 saturated carbocycles. The molecule has 1 aliphatic heterocycles. The van der Waals surface area contributed by atoms with E-state index >= 15 is 0 Å². The lowest BCUT2D eigenvalue weighted by molar-refractivity contribution is 0.319. The van der Waals surface area contributed by atoms with E-state index in [0.29, 0.717) is 12.0 Å². The fourth-order valence-electron chi connectivity index (χ4n) is 3.52. The lowest BCUT2D eigenvalue weighted by atomic mass is 9.83. The second-order valence-corrected chi connectivity index (χ2v) is 6.69. The summed E-state index contributed by atoms with van der Waals surface area (Å²) >= 11 is 0. The molecule has 0 radical (unpaired) electrons. The monoisotopic (exact) mass is 277 g/mol. The van der Waals surface area contributed by atoms with Gasteiger partial charge in [-0.15, -0.1) is 0 Å². The van der Waals surface area contributed by atoms with Gasteiger partial charge in [-0.2, -0.15) is 4.98 Å². The molecule has 2 heterocycles. The Hall–Kier alpha value is -0.900. The third-order valence-electron chi connectivity index (χ3n) is 4.98. The Bertz CT molecular complexity index is 404. The van der Waals surface area contributed by atoms with Crippen molar-refractivity contribution >= 4 is 0 Å². The van der Waals surface area contributed by atoms with E-state index in [1.165, 1.54) is 51.5 Å². The molecular weight excluding hydrogens is 250 g/mol. The van der Waals surface area contributed by atoms with E-state index in [2.05, 4.69) is 22.4 Å². The van der Waals surface area contributed by atoms with Crippen LogP contribution >= 0.6 is 0 Å². The quantitative estimate of drug-likeness (QED) is 0.916. The first-order chi connectivity index (χ1) is 9.81. The number of hydrogen-bond acceptors (Lipinski definition) is 4. The van der Waals surface area contributed by atoms with E-state index in [4.69, 9.17) is 4.52 Å². The van der Waals surface area contributed by atoms with Crippen LogP contribution in [0, 0.1) is 5.92 Å². The number of aryl methyl sites for hydroxylation is 1. The molecule has 1 N–H and O–H groups in total. The summed E-state index contributed by atoms with van der Waals surface area (Å²) in [7, 11) is 0. The van der Waals surface area contributed by atoms with Gasteiger partial charge in [-0.3, -0.25) is 0 Å². The van der Waals surface area contributed by atoms with Gasteiger partial charge in [0.2, 0.25) is 5.89 Å². The number of rotatable bonds is 4. The maximum absolute atomic E-state index is 5.45. The number of hydrogen-bond donors (Lipinski definition) is 1. The fraction of sp³-hybridized carbons (Fsp3) is 0.875. The van der Waals surface area contributed by atoms with Gasteiger partial charge < -0.3 is 9.84 Å². The standard InChI is InChI=1S/C16H27N3O/c1-12-5-7-13(8-6-12)16-18-15(20-19-16)10-9-14-4-2-3-11-17-14/h12-14,17H,2-11H2,1H3. The maximum Gasteiger partial charge on any atom is 0.226 e. The van der Waals surface area contributed by atoms with Crippen LogP contribution in [-0.4, -0.2) is 22.7 Å². The van der Waals surface area contributed by atoms with Gasteiger partial charge in [0.05, 0.1) is 0 Å². The van der Waals surface area contributed by atoms with Crippen LogP contribution in [0.5, 0.6) is 0 Å². The first-order valence-electron chi connectivity index (χ1n) is 8.37. The second kappa shape index (κ2) is 6.70. The lowest BCUT2D eigenvalue weighted by Gasteiger charge is -2.23. The lowest BCUT2D eigenvalue weighted by Crippen LogP contribution is -2.34. The zero-order chi connectivity index (χ0) is 13.8. The Kier molecular flexibility index (Phi) is 4.71. The van der Waals surface area contributed by atoms with Crippen LogP contribution in [0.2, 0.25) is 0 Å². The molecule has 4 heteroatoms. The highest BCUT2D eigenvalue weighted by molar-refractivity contribution is 4.98. The minimum Gasteiger partial charge on any atom is -0.339 e. The Morgan fingerprint density at radius 1 is 1.15 bits per heavy atom. The minimum absolute atomic E-state index is 0.538. The van der Waals surface area contributed by atoms with Gasteiger partial charge in [0, 0.05) is 18.4 Å². The molecule has 2 aliphatic rings. The molecule has 0 aromatic carbocycles. The summed E-state index contributed by atoms with van der Waals surface area (Å²) in [6, 6.07) is 0.648. The smallest absolute Gasteiger partial charge is 0.226 e. The predicted molar refractivity (Wildman–Crippen MR) is 78.6 cm³/mol. The Balaban J connectivity index is 1.49. The Morgan fingerprint density at radius 2 is 2.00 bits per heavy atom. The van der Waals surface area contributed by atoms with Crippen LogP contribution in [0.3, 0.4) is 0 Å². The average molecular weight is 277 g/mol. The Morgan fingerprint density at radius 3 is 2.75 bits per heavy atom. The highest BCUT2D eigenvalue weighted by Gasteiger charge is 2.24. The summed E-state index contributed by atoms with van der Waals surface area (Å²) in [5, 5.41) is 7.80. The first-order valence-corrected chi connectivity index (χ1v) is 8.37. The van der Waals surface area contributed by atoms with Gasteiger partial charge in [-0.1, -0.05) is 31.3 Å². The number of piperidine rings is 1. The molecule has 20 heavy (non-hydrogen) atoms. The van der Waals surface area contributed by atoms with Crippen molar-refractivity contribution in [2.24, 2.45) is 5.92 Å². The third-order valence-corrected chi connectivity index (χ3v) is 4.98. The van der Waals surface area contributed by atoms with Gasteiger partial charge in [-0.05, 0) is 44.6 Å². The first kappa shape index (κ1) is 14.1. The van der Waals surface area contributed by atoms with E-state index in [1.807, 2.05) is 0 Å². The molecule has 0 amide bonds. The SMILES string of the molecule is CC1CCC(c2noc(CCC3CCCCN3)n2)CC1. The molecule has 3 rings (SSSR count). The molecule has 1 aromatic heterocycles. The van der Waals surface area contributed by atoms with Crippen molar-refractivity contribution in [3.63, 3.8) is 0 Å². The molecule has 1 atom stereocenters. The van der Waals surface area contributed by atoms with Crippen LogP contribution in [0.1, 0.15) is 75.9 Å². The minimum atomic E-state index is 0.538. The summed E-state index contributed by atoms with van der Waals surface area (Å²) in [4.78, 5) is 4.64. The third kappa shape index (κ3) is 3.60. The van der Waals surface area contributed by atoms with E-state index < -0.39 is 0 Å². The maximum atomic E-state index is 5.45. The highest BCUT2D eigenvalue weighted by atomic mass is 16.5. The molecule has 0 spiro atoms. The van der Waals surface area contributed by atoms with Crippen LogP contribution in [0.25, 0.3) is 0 Å². The van der Waals surface area contributed by atoms with Crippen molar-refractivity contribution in [3.05, 3.63) is 11.7 Å². The normalized spacial score (nSPS) is 31.4. The molecule has 2 fully saturated rings. The van der Waals surface area contributed by atoms with E-state index in [9.17, 15) is 0 Å². The molecule has 1 unspecified atom stereocenters. The summed E-state index contributed by atoms with van der Waals surface area (Å²) in [5.74, 6) is 3.21. The molecule has 112 valence electrons. The summed E-state index contributed by atoms with van der Waals surface area (Å²) in [5.41, 5.74) is 0. The van der Waals surface area contributed by atoms with Crippen LogP contribution in [0.4, 0.5) is 0 Å². The largest absolute Gasteiger partial charge is 0.339 e. The van der Waals surface area contributed by atoms with E-state index in [0.717, 1.165) is 30.5 Å². The van der Waals surface area contributed by atoms with Crippen LogP contribution < -0.4 is 5.32 Å². The number of nitrogens with zero attached hydrogens (tertiary/aromatic N) is 2. The van der Waals surface area contributed by atoms with Gasteiger partial charge in [0.1, 0.15) is 0 Å². The van der Waals surface area contributed by atoms with Crippen molar-refractivity contribution < 1.29 is 4.52 Å². The van der Waals surface area contributed by atoms with E-state index in [-0.39, 0.29) is 0 Å². The van der Waals surface area contributed by atoms with Gasteiger partial charge in [0.25, 0.3) is 0 Å². The molecule has 4 nitrogen and oxygen atoms in total. The van der Waals surface area contributed by atoms with Gasteiger partial charge >= 0.3 is 0 Å². The average Bonchev–Trinajstić information content (AvgIpc) is 2.96. The van der Waals surface area contributed by atoms with E-state index in [1.54, 1.807) is 0 Å². The van der Waals surface area contributed by atoms with Crippen LogP contribution in [-0.2, 0) is 6.42 Å². The molecule has 1 aliphatic carbocycles. The van der Waals surface area contributed by atoms with Gasteiger partial charge in [-0.25, -0.2) is 0 Å². The molecule has 0 bridgehead atoms. The summed E-state index contributed by atoms with van der Waals surface area (Å²) in [6.45, 7) is 3.51. The van der Waals surface area contributed by atoms with Crippen molar-refractivity contribution in [3.8, 4) is 0 Å². The molecule has 1 saturated heterocycles. The topological polar surface area (TPSA) is 51.0 Å². The van der Waals surface area contributed by atoms with Gasteiger partial charge in [0.15, 0.2) is 5.82 Å². The zero-order valence-electron chi connectivity index (χ0n) is 12.6. The van der Waals surface area contributed by atoms with Crippen LogP contribution in [0.15, 0.2) is 4.52 Å². The van der Waals surface area contributed by atoms with Crippen molar-refractivity contribution in [2.75, 3.05) is 6.54 Å². The summed E-state index contributed by atoms with van der Waals surface area (Å²) < 4.78 is 5.45. The summed E-state index contributed by atoms with van der Waals surface area (Å²) in [6.07, 6.45) is 11.1. The highest BCUT2D eigenvalue weighted by Crippen LogP contribution is 2.34. The second-order valence-electron chi connectivity index (χ2n) is 6.69. The van der Waals surface area contributed by atoms with Crippen molar-refractivity contribution in [1.29, 1.82) is 0 Å². The Labute approximate surface area is 121 Å². The van der Waals surface area contributed by atoms with Crippen molar-refractivity contribution in [1.82, 2.24) is 15.5 Å².